The van der Waals surface area contributed by atoms with E-state index in [0.717, 1.165) is 45.1 Å². The smallest absolute Gasteiger partial charge is 0.159 e. The Labute approximate surface area is 168 Å². The predicted octanol–water partition coefficient (Wildman–Crippen LogP) is 3.03. The summed E-state index contributed by atoms with van der Waals surface area (Å²) >= 11 is 6.84. The van der Waals surface area contributed by atoms with Crippen LogP contribution in [0.2, 0.25) is 0 Å². The van der Waals surface area contributed by atoms with Crippen molar-refractivity contribution in [2.24, 2.45) is 10.7 Å². The van der Waals surface area contributed by atoms with Crippen LogP contribution in [0.4, 0.5) is 5.69 Å². The van der Waals surface area contributed by atoms with Crippen molar-refractivity contribution in [2.75, 3.05) is 57.1 Å². The van der Waals surface area contributed by atoms with Gasteiger partial charge in [-0.15, -0.1) is 0 Å². The summed E-state index contributed by atoms with van der Waals surface area (Å²) in [6.45, 7) is 8.13. The molecule has 0 amide bonds. The summed E-state index contributed by atoms with van der Waals surface area (Å²) in [6.07, 6.45) is 0.658. The quantitative estimate of drug-likeness (QED) is 0.434. The van der Waals surface area contributed by atoms with Gasteiger partial charge >= 0.3 is 0 Å². The molecule has 26 heavy (non-hydrogen) atoms. The van der Waals surface area contributed by atoms with Crippen molar-refractivity contribution >= 4 is 39.8 Å². The van der Waals surface area contributed by atoms with Crippen LogP contribution in [0, 0.1) is 0 Å². The molecule has 1 aliphatic heterocycles. The molecule has 0 aromatic heterocycles. The highest BCUT2D eigenvalue weighted by molar-refractivity contribution is 8.13. The van der Waals surface area contributed by atoms with Gasteiger partial charge in [0.1, 0.15) is 4.99 Å². The van der Waals surface area contributed by atoms with Gasteiger partial charge < -0.3 is 15.4 Å². The predicted molar refractivity (Wildman–Crippen MR) is 120 cm³/mol. The normalized spacial score (nSPS) is 15.6. The highest BCUT2D eigenvalue weighted by Gasteiger charge is 2.16. The molecule has 1 aromatic rings. The summed E-state index contributed by atoms with van der Waals surface area (Å²) in [6, 6.07) is 8.63. The summed E-state index contributed by atoms with van der Waals surface area (Å²) in [5, 5.41) is 0.551. The van der Waals surface area contributed by atoms with E-state index in [1.807, 2.05) is 6.92 Å². The number of nitrogens with zero attached hydrogens (tertiary/aromatic N) is 3. The van der Waals surface area contributed by atoms with E-state index in [1.165, 1.54) is 23.0 Å². The Morgan fingerprint density at radius 3 is 2.46 bits per heavy atom. The van der Waals surface area contributed by atoms with Gasteiger partial charge in [0.05, 0.1) is 6.61 Å². The van der Waals surface area contributed by atoms with E-state index < -0.39 is 0 Å². The molecule has 5 nitrogen and oxygen atoms in total. The lowest BCUT2D eigenvalue weighted by molar-refractivity contribution is 0.144. The Hall–Kier alpha value is -1.15. The first-order valence-electron chi connectivity index (χ1n) is 8.67. The van der Waals surface area contributed by atoms with Gasteiger partial charge in [0, 0.05) is 51.9 Å². The molecular weight excluding hydrogens is 364 g/mol. The zero-order valence-corrected chi connectivity index (χ0v) is 16.7. The summed E-state index contributed by atoms with van der Waals surface area (Å²) < 4.78 is 5.15. The molecule has 2 rings (SSSR count). The van der Waals surface area contributed by atoms with Gasteiger partial charge in [-0.2, -0.15) is 0 Å². The van der Waals surface area contributed by atoms with Gasteiger partial charge in [0.25, 0.3) is 0 Å². The third kappa shape index (κ3) is 7.61. The minimum atomic E-state index is 0. The van der Waals surface area contributed by atoms with E-state index in [4.69, 9.17) is 22.7 Å². The van der Waals surface area contributed by atoms with Crippen LogP contribution in [0.3, 0.4) is 0 Å². The fourth-order valence-corrected chi connectivity index (χ4v) is 3.59. The lowest BCUT2D eigenvalue weighted by Crippen LogP contribution is -2.47. The Morgan fingerprint density at radius 2 is 1.88 bits per heavy atom. The summed E-state index contributed by atoms with van der Waals surface area (Å²) in [7, 11) is 1.76. The number of ether oxygens (including phenoxy) is 1. The average molecular weight is 397 g/mol. The second-order valence-corrected chi connectivity index (χ2v) is 7.70. The van der Waals surface area contributed by atoms with E-state index in [2.05, 4.69) is 39.1 Å². The molecule has 0 unspecified atom stereocenters. The molecular formula is C19H32N4OS2. The van der Waals surface area contributed by atoms with Gasteiger partial charge in [-0.1, -0.05) is 50.5 Å². The molecule has 0 atom stereocenters. The molecule has 0 bridgehead atoms. The van der Waals surface area contributed by atoms with Gasteiger partial charge in [-0.25, -0.2) is 4.99 Å². The largest absolute Gasteiger partial charge is 0.383 e. The van der Waals surface area contributed by atoms with Crippen molar-refractivity contribution in [3.05, 3.63) is 29.8 Å². The number of aliphatic imine (C=N–C) groups is 1. The van der Waals surface area contributed by atoms with Crippen LogP contribution in [0.25, 0.3) is 0 Å². The van der Waals surface area contributed by atoms with Crippen molar-refractivity contribution < 1.29 is 4.74 Å². The summed E-state index contributed by atoms with van der Waals surface area (Å²) in [4.78, 5) is 9.78. The number of hydrogen-bond acceptors (Lipinski definition) is 5. The molecule has 1 saturated heterocycles. The van der Waals surface area contributed by atoms with Crippen LogP contribution < -0.4 is 10.6 Å². The fraction of sp³-hybridized carbons (Fsp3) is 0.579. The van der Waals surface area contributed by atoms with Crippen LogP contribution in [-0.4, -0.2) is 67.2 Å². The van der Waals surface area contributed by atoms with Gasteiger partial charge in [-0.3, -0.25) is 4.90 Å². The Kier molecular flexibility index (Phi) is 10.8. The second-order valence-electron chi connectivity index (χ2n) is 5.94. The van der Waals surface area contributed by atoms with Gasteiger partial charge in [0.15, 0.2) is 5.17 Å². The molecule has 0 saturated carbocycles. The molecule has 146 valence electrons. The van der Waals surface area contributed by atoms with Crippen molar-refractivity contribution in [3.63, 3.8) is 0 Å². The Morgan fingerprint density at radius 1 is 1.23 bits per heavy atom. The maximum atomic E-state index is 5.81. The minimum absolute atomic E-state index is 0. The molecule has 2 N–H and O–H groups in total. The van der Waals surface area contributed by atoms with Crippen LogP contribution in [0.5, 0.6) is 0 Å². The lowest BCUT2D eigenvalue weighted by Gasteiger charge is -2.36. The monoisotopic (exact) mass is 396 g/mol. The van der Waals surface area contributed by atoms with Crippen LogP contribution in [0.1, 0.15) is 19.9 Å². The fourth-order valence-electron chi connectivity index (χ4n) is 2.79. The average Bonchev–Trinajstić information content (AvgIpc) is 2.61. The number of thioether (sulfide) groups is 1. The number of rotatable bonds is 7. The molecule has 7 heteroatoms. The number of amidine groups is 1. The van der Waals surface area contributed by atoms with Crippen LogP contribution >= 0.6 is 24.0 Å². The summed E-state index contributed by atoms with van der Waals surface area (Å²) in [5.74, 6) is 0.908. The molecule has 0 aliphatic carbocycles. The first-order valence-corrected chi connectivity index (χ1v) is 10.1. The maximum absolute atomic E-state index is 5.81. The number of hydrogen-bond donors (Lipinski definition) is 1. The van der Waals surface area contributed by atoms with Gasteiger partial charge in [-0.05, 0) is 23.4 Å². The molecule has 1 heterocycles. The highest BCUT2D eigenvalue weighted by atomic mass is 32.2. The number of anilines is 1. The summed E-state index contributed by atoms with van der Waals surface area (Å²) in [5.41, 5.74) is 8.25. The van der Waals surface area contributed by atoms with Crippen molar-refractivity contribution in [2.45, 2.75) is 20.8 Å². The van der Waals surface area contributed by atoms with E-state index >= 15 is 0 Å². The first-order chi connectivity index (χ1) is 12.1. The van der Waals surface area contributed by atoms with Crippen molar-refractivity contribution in [1.82, 2.24) is 4.90 Å². The van der Waals surface area contributed by atoms with E-state index in [0.29, 0.717) is 16.6 Å². The van der Waals surface area contributed by atoms with Crippen LogP contribution in [0.15, 0.2) is 29.3 Å². The standard InChI is InChI=1S/C18H28N4OS2.CH4/c1-3-25-18(19)20-17(24)14-15-4-6-16(7-5-15)22-10-8-21(9-11-22)12-13-23-2;/h4-7H,3,8-14H2,1-2H3,(H2,19,20,24);1H4. The zero-order chi connectivity index (χ0) is 18.1. The molecule has 1 aromatic carbocycles. The number of piperazine rings is 1. The van der Waals surface area contributed by atoms with E-state index in [1.54, 1.807) is 7.11 Å². The molecule has 0 radical (unpaired) electrons. The maximum Gasteiger partial charge on any atom is 0.159 e. The van der Waals surface area contributed by atoms with E-state index in [-0.39, 0.29) is 7.43 Å². The number of nitrogens with two attached hydrogens (primary N) is 1. The minimum Gasteiger partial charge on any atom is -0.383 e. The third-order valence-electron chi connectivity index (χ3n) is 4.17. The molecule has 1 fully saturated rings. The Bertz CT molecular complexity index is 569. The topological polar surface area (TPSA) is 54.1 Å². The number of benzene rings is 1. The number of methoxy groups -OCH3 is 1. The lowest BCUT2D eigenvalue weighted by atomic mass is 10.1. The Balaban J connectivity index is 0.00000338. The first kappa shape index (κ1) is 22.9. The third-order valence-corrected chi connectivity index (χ3v) is 5.08. The van der Waals surface area contributed by atoms with Gasteiger partial charge in [0.2, 0.25) is 0 Å². The van der Waals surface area contributed by atoms with Crippen molar-refractivity contribution in [3.8, 4) is 0 Å². The SMILES string of the molecule is C.CCSC(N)=NC(=S)Cc1ccc(N2CCN(CCOC)CC2)cc1. The number of thiocarbonyl (C=S) groups is 1. The second kappa shape index (κ2) is 12.3. The molecule has 1 aliphatic rings. The highest BCUT2D eigenvalue weighted by Crippen LogP contribution is 2.18. The van der Waals surface area contributed by atoms with Crippen LogP contribution in [-0.2, 0) is 11.2 Å². The molecule has 0 spiro atoms. The van der Waals surface area contributed by atoms with E-state index in [9.17, 15) is 0 Å². The van der Waals surface area contributed by atoms with Crippen molar-refractivity contribution in [1.29, 1.82) is 0 Å². The zero-order valence-electron chi connectivity index (χ0n) is 15.1.